The highest BCUT2D eigenvalue weighted by molar-refractivity contribution is 6.01. The molecule has 0 aromatic heterocycles. The number of unbranched alkanes of at least 4 members (excludes halogenated alkanes) is 28. The second-order valence-corrected chi connectivity index (χ2v) is 24.2. The van der Waals surface area contributed by atoms with Crippen LogP contribution in [0.2, 0.25) is 0 Å². The number of nitrogens with zero attached hydrogens (tertiary/aromatic N) is 3. The second kappa shape index (κ2) is 58.7. The maximum absolute atomic E-state index is 12.5. The Hall–Kier alpha value is -3.67. The van der Waals surface area contributed by atoms with E-state index in [2.05, 4.69) is 43.3 Å². The summed E-state index contributed by atoms with van der Waals surface area (Å²) in [5, 5.41) is 110. The summed E-state index contributed by atoms with van der Waals surface area (Å²) in [4.78, 5) is 50.8. The van der Waals surface area contributed by atoms with E-state index in [1.165, 1.54) is 116 Å². The van der Waals surface area contributed by atoms with Crippen molar-refractivity contribution in [2.45, 2.75) is 345 Å². The SMILES string of the molecule is CCCCCCC(=O)ON1C(=O)CCC1=O.CCCCCCCCCCCCC/C=C/[C@@H](O)[C@H](COC1OC(CO)C(O)C(O)C1O)N=NN.CCCCCCCCCCCCC/C=C/[C@@H](O)[C@H](COC1OC(CO)C(O)C(O)C1O)NC(=O)CCCCCC.[2H]CF. The predicted molar refractivity (Wildman–Crippen MR) is 348 cm³/mol. The van der Waals surface area contributed by atoms with Gasteiger partial charge in [-0.2, -0.15) is 5.11 Å². The number of imide groups is 1. The van der Waals surface area contributed by atoms with Crippen molar-refractivity contribution >= 4 is 23.7 Å². The average Bonchev–Trinajstić information content (AvgIpc) is 1.56. The van der Waals surface area contributed by atoms with Crippen molar-refractivity contribution in [3.05, 3.63) is 24.3 Å². The lowest BCUT2D eigenvalue weighted by atomic mass is 9.99. The molecule has 3 saturated heterocycles. The molecule has 0 saturated carbocycles. The van der Waals surface area contributed by atoms with Crippen molar-refractivity contribution in [2.75, 3.05) is 33.6 Å². The number of nitrogens with two attached hydrogens (primary N) is 1. The minimum absolute atomic E-state index is 0.141. The number of rotatable bonds is 49. The van der Waals surface area contributed by atoms with Crippen molar-refractivity contribution in [1.29, 1.82) is 0 Å². The number of allylic oxidation sites excluding steroid dienone is 2. The zero-order valence-corrected chi connectivity index (χ0v) is 56.3. The van der Waals surface area contributed by atoms with Gasteiger partial charge in [-0.15, -0.1) is 5.06 Å². The number of aliphatic hydroxyl groups is 10. The molecule has 3 amide bonds. The first-order valence-corrected chi connectivity index (χ1v) is 34.7. The van der Waals surface area contributed by atoms with Gasteiger partial charge in [-0.05, 0) is 38.5 Å². The molecule has 3 rings (SSSR count). The first-order chi connectivity index (χ1) is 44.9. The number of hydroxylamine groups is 2. The van der Waals surface area contributed by atoms with Crippen molar-refractivity contribution in [3.63, 3.8) is 0 Å². The first kappa shape index (κ1) is 86.3. The van der Waals surface area contributed by atoms with E-state index in [-0.39, 0.29) is 38.4 Å². The van der Waals surface area contributed by atoms with Crippen molar-refractivity contribution in [3.8, 4) is 0 Å². The number of hydrogen-bond acceptors (Lipinski definition) is 21. The molecular weight excluding hydrogens is 1200 g/mol. The molecule has 0 aromatic carbocycles. The fraction of sp³-hybridized carbons (Fsp3) is 0.881. The molecule has 10 unspecified atom stereocenters. The lowest BCUT2D eigenvalue weighted by molar-refractivity contribution is -0.302. The molecule has 25 heteroatoms. The molecule has 3 aliphatic heterocycles. The Labute approximate surface area is 550 Å². The number of halogens is 1. The smallest absolute Gasteiger partial charge is 0.333 e. The normalized spacial score (nSPS) is 23.9. The number of hydrogen-bond donors (Lipinski definition) is 12. The van der Waals surface area contributed by atoms with Gasteiger partial charge in [0.15, 0.2) is 12.6 Å². The highest BCUT2D eigenvalue weighted by atomic mass is 19.1. The zero-order chi connectivity index (χ0) is 69.4. The molecular formula is C67H126FN5O19. The van der Waals surface area contributed by atoms with Crippen LogP contribution in [-0.2, 0) is 43.0 Å². The summed E-state index contributed by atoms with van der Waals surface area (Å²) in [6.07, 6.45) is 29.5. The van der Waals surface area contributed by atoms with Crippen LogP contribution in [0.1, 0.15) is 260 Å². The Morgan fingerprint density at radius 2 is 0.935 bits per heavy atom. The van der Waals surface area contributed by atoms with Crippen molar-refractivity contribution in [1.82, 2.24) is 10.4 Å². The monoisotopic (exact) mass is 1320 g/mol. The number of alkyl halides is 1. The van der Waals surface area contributed by atoms with E-state index in [9.17, 15) is 74.6 Å². The molecule has 3 fully saturated rings. The molecule has 24 nitrogen and oxygen atoms in total. The topological polar surface area (TPSA) is 383 Å². The zero-order valence-electron chi connectivity index (χ0n) is 57.3. The van der Waals surface area contributed by atoms with Crippen LogP contribution in [0, 0.1) is 0 Å². The van der Waals surface area contributed by atoms with Gasteiger partial charge in [0, 0.05) is 25.7 Å². The van der Waals surface area contributed by atoms with E-state index in [1.807, 2.05) is 12.2 Å². The van der Waals surface area contributed by atoms with Gasteiger partial charge in [0.05, 0.1) is 53.2 Å². The van der Waals surface area contributed by atoms with Gasteiger partial charge in [-0.1, -0.05) is 224 Å². The van der Waals surface area contributed by atoms with E-state index in [0.29, 0.717) is 11.5 Å². The van der Waals surface area contributed by atoms with E-state index in [1.54, 1.807) is 12.2 Å². The van der Waals surface area contributed by atoms with Crippen LogP contribution >= 0.6 is 0 Å². The maximum Gasteiger partial charge on any atom is 0.333 e. The Morgan fingerprint density at radius 1 is 0.576 bits per heavy atom. The Bertz CT molecular complexity index is 1900. The fourth-order valence-electron chi connectivity index (χ4n) is 10.4. The van der Waals surface area contributed by atoms with Crippen LogP contribution in [0.3, 0.4) is 0 Å². The third-order valence-corrected chi connectivity index (χ3v) is 16.2. The van der Waals surface area contributed by atoms with Crippen LogP contribution in [0.25, 0.3) is 0 Å². The fourth-order valence-corrected chi connectivity index (χ4v) is 10.4. The van der Waals surface area contributed by atoms with E-state index in [0.717, 1.165) is 89.9 Å². The third kappa shape index (κ3) is 40.7. The lowest BCUT2D eigenvalue weighted by Gasteiger charge is -2.40. The van der Waals surface area contributed by atoms with Crippen molar-refractivity contribution < 1.29 is 99.8 Å². The molecule has 3 heterocycles. The molecule has 14 atom stereocenters. The van der Waals surface area contributed by atoms with Crippen LogP contribution in [0.4, 0.5) is 4.39 Å². The minimum Gasteiger partial charge on any atom is -0.394 e. The summed E-state index contributed by atoms with van der Waals surface area (Å²) in [5.41, 5.74) is 0. The van der Waals surface area contributed by atoms with Crippen LogP contribution < -0.4 is 11.2 Å². The number of amides is 3. The summed E-state index contributed by atoms with van der Waals surface area (Å²) in [7, 11) is -1.00. The highest BCUT2D eigenvalue weighted by Crippen LogP contribution is 2.25. The highest BCUT2D eigenvalue weighted by Gasteiger charge is 2.46. The first-order valence-electron chi connectivity index (χ1n) is 35.4. The summed E-state index contributed by atoms with van der Waals surface area (Å²) in [6.45, 7) is 7.16. The lowest BCUT2D eigenvalue weighted by Crippen LogP contribution is -2.60. The summed E-state index contributed by atoms with van der Waals surface area (Å²) >= 11 is 0. The minimum atomic E-state index is -1.56. The van der Waals surface area contributed by atoms with Gasteiger partial charge < -0.3 is 86.0 Å². The Kier molecular flexibility index (Phi) is 55.1. The van der Waals surface area contributed by atoms with Crippen LogP contribution in [-0.4, -0.2) is 199 Å². The molecule has 0 radical (unpaired) electrons. The van der Waals surface area contributed by atoms with Gasteiger partial charge in [0.2, 0.25) is 5.91 Å². The molecule has 0 aromatic rings. The molecule has 0 spiro atoms. The summed E-state index contributed by atoms with van der Waals surface area (Å²) in [6, 6.07) is -1.63. The second-order valence-electron chi connectivity index (χ2n) is 24.2. The number of carbonyl (C=O) groups is 4. The average molecular weight is 1330 g/mol. The standard InChI is InChI=1S/C31H59NO8.C24H47N3O7.C11H17NO4.CH3F/c1-3-5-7-9-10-11-12-13-14-15-16-17-18-20-25(34)24(32-27(35)21-19-8-6-4-2)23-39-31-30(38)29(37)28(36)26(22-33)40-31;1-2-3-4-5-6-7-8-9-10-11-12-13-14-15-19(29)18(26-27-25)17-33-24-23(32)22(31)21(30)20(16-28)34-24;1-2-3-4-5-6-11(15)16-12-9(13)7-8-10(12)14;1-2/h18,20,24-26,28-31,33-34,36-38H,3-17,19,21-23H2,1-2H3,(H,32,35);14-15,18-24,28-32H,2-13,16-17H2,1H3,(H2,25,26);2-8H2,1H3;1H3/b20-18+;15-14+;;/t24-,25+,26?,28?,29?,30?,31?;18-,19+,20?,21?,22?,23?,24?;;/m00../s1/i;;;1D. The molecule has 0 bridgehead atoms. The van der Waals surface area contributed by atoms with Gasteiger partial charge in [-0.25, -0.2) is 4.79 Å². The number of carbonyl (C=O) groups excluding carboxylic acids is 4. The molecule has 0 aliphatic carbocycles. The number of ether oxygens (including phenoxy) is 4. The summed E-state index contributed by atoms with van der Waals surface area (Å²) in [5.74, 6) is 3.60. The summed E-state index contributed by atoms with van der Waals surface area (Å²) < 4.78 is 37.3. The van der Waals surface area contributed by atoms with Gasteiger partial charge >= 0.3 is 5.97 Å². The number of nitrogens with one attached hydrogen (secondary N) is 1. The van der Waals surface area contributed by atoms with E-state index >= 15 is 0 Å². The van der Waals surface area contributed by atoms with Crippen LogP contribution in [0.15, 0.2) is 34.6 Å². The quantitative estimate of drug-likeness (QED) is 0.00682. The Balaban J connectivity index is 0.00000144. The molecule has 92 heavy (non-hydrogen) atoms. The Morgan fingerprint density at radius 3 is 1.33 bits per heavy atom. The molecule has 13 N–H and O–H groups in total. The van der Waals surface area contributed by atoms with E-state index in [4.69, 9.17) is 31.0 Å². The largest absolute Gasteiger partial charge is 0.394 e. The van der Waals surface area contributed by atoms with Gasteiger partial charge in [0.1, 0.15) is 54.9 Å². The van der Waals surface area contributed by atoms with Gasteiger partial charge in [0.25, 0.3) is 11.8 Å². The van der Waals surface area contributed by atoms with E-state index < -0.39 is 124 Å². The third-order valence-electron chi connectivity index (χ3n) is 16.2. The van der Waals surface area contributed by atoms with Crippen molar-refractivity contribution in [2.24, 2.45) is 16.2 Å². The van der Waals surface area contributed by atoms with Crippen LogP contribution in [0.5, 0.6) is 0 Å². The predicted octanol–water partition coefficient (Wildman–Crippen LogP) is 8.14. The molecule has 3 aliphatic rings. The maximum atomic E-state index is 12.5. The van der Waals surface area contributed by atoms with Gasteiger partial charge in [-0.3, -0.25) is 18.8 Å². The molecule has 540 valence electrons. The number of aliphatic hydroxyl groups excluding tert-OH is 10.